The maximum Gasteiger partial charge on any atom is 0.273 e. The van der Waals surface area contributed by atoms with E-state index in [-0.39, 0.29) is 12.5 Å². The topological polar surface area (TPSA) is 73.6 Å². The van der Waals surface area contributed by atoms with Gasteiger partial charge in [0.2, 0.25) is 0 Å². The molecule has 1 saturated heterocycles. The Labute approximate surface area is 141 Å². The van der Waals surface area contributed by atoms with Gasteiger partial charge in [-0.3, -0.25) is 4.79 Å². The highest BCUT2D eigenvalue weighted by Gasteiger charge is 2.17. The second-order valence-electron chi connectivity index (χ2n) is 5.92. The summed E-state index contributed by atoms with van der Waals surface area (Å²) in [6.45, 7) is 2.97. The maximum atomic E-state index is 12.1. The van der Waals surface area contributed by atoms with Crippen molar-refractivity contribution in [1.29, 1.82) is 0 Å². The normalized spacial score (nSPS) is 15.3. The molecule has 24 heavy (non-hydrogen) atoms. The first-order valence-corrected chi connectivity index (χ1v) is 8.24. The van der Waals surface area contributed by atoms with Gasteiger partial charge in [0.05, 0.1) is 6.61 Å². The van der Waals surface area contributed by atoms with Crippen molar-refractivity contribution in [3.05, 3.63) is 53.4 Å². The minimum absolute atomic E-state index is 0.209. The molecule has 1 aromatic carbocycles. The molecule has 1 N–H and O–H groups in total. The highest BCUT2D eigenvalue weighted by Crippen LogP contribution is 2.14. The van der Waals surface area contributed by atoms with Crippen molar-refractivity contribution < 1.29 is 18.8 Å². The Morgan fingerprint density at radius 3 is 2.79 bits per heavy atom. The van der Waals surface area contributed by atoms with Crippen LogP contribution in [-0.4, -0.2) is 30.8 Å². The number of hydrogen-bond donors (Lipinski definition) is 1. The summed E-state index contributed by atoms with van der Waals surface area (Å²) in [4.78, 5) is 12.1. The summed E-state index contributed by atoms with van der Waals surface area (Å²) in [5.41, 5.74) is 1.38. The summed E-state index contributed by atoms with van der Waals surface area (Å²) in [6, 6.07) is 11.5. The first-order chi connectivity index (χ1) is 11.8. The van der Waals surface area contributed by atoms with Crippen molar-refractivity contribution >= 4 is 5.91 Å². The van der Waals surface area contributed by atoms with E-state index in [2.05, 4.69) is 10.5 Å². The molecule has 1 aliphatic rings. The maximum absolute atomic E-state index is 12.1. The summed E-state index contributed by atoms with van der Waals surface area (Å²) in [5, 5.41) is 6.72. The quantitative estimate of drug-likeness (QED) is 0.844. The van der Waals surface area contributed by atoms with E-state index in [0.717, 1.165) is 31.6 Å². The zero-order valence-corrected chi connectivity index (χ0v) is 13.6. The van der Waals surface area contributed by atoms with Crippen LogP contribution in [0, 0.1) is 5.92 Å². The van der Waals surface area contributed by atoms with Crippen LogP contribution >= 0.6 is 0 Å². The average Bonchev–Trinajstić information content (AvgIpc) is 3.10. The van der Waals surface area contributed by atoms with Gasteiger partial charge in [-0.15, -0.1) is 0 Å². The second kappa shape index (κ2) is 8.61. The van der Waals surface area contributed by atoms with E-state index in [9.17, 15) is 4.79 Å². The molecule has 6 heteroatoms. The third-order valence-electron chi connectivity index (χ3n) is 4.04. The van der Waals surface area contributed by atoms with E-state index in [0.29, 0.717) is 30.5 Å². The van der Waals surface area contributed by atoms with Crippen LogP contribution in [0.1, 0.15) is 34.7 Å². The van der Waals surface area contributed by atoms with E-state index in [1.165, 1.54) is 0 Å². The molecule has 0 atom stereocenters. The number of nitrogens with one attached hydrogen (secondary N) is 1. The Morgan fingerprint density at radius 1 is 1.21 bits per heavy atom. The fourth-order valence-corrected chi connectivity index (χ4v) is 2.61. The SMILES string of the molecule is O=C(NCC1CCOCC1)c1cc(COCc2ccccc2)on1. The minimum Gasteiger partial charge on any atom is -0.381 e. The van der Waals surface area contributed by atoms with Crippen molar-refractivity contribution in [2.45, 2.75) is 26.1 Å². The van der Waals surface area contributed by atoms with Crippen LogP contribution in [0.4, 0.5) is 0 Å². The smallest absolute Gasteiger partial charge is 0.273 e. The van der Waals surface area contributed by atoms with Crippen LogP contribution in [0.25, 0.3) is 0 Å². The summed E-state index contributed by atoms with van der Waals surface area (Å²) >= 11 is 0. The van der Waals surface area contributed by atoms with Gasteiger partial charge in [0.25, 0.3) is 5.91 Å². The Hall–Kier alpha value is -2.18. The second-order valence-corrected chi connectivity index (χ2v) is 5.92. The summed E-state index contributed by atoms with van der Waals surface area (Å²) in [7, 11) is 0. The number of benzene rings is 1. The molecule has 1 fully saturated rings. The predicted octanol–water partition coefficient (Wildman–Crippen LogP) is 2.55. The van der Waals surface area contributed by atoms with Crippen molar-refractivity contribution in [1.82, 2.24) is 10.5 Å². The van der Waals surface area contributed by atoms with Crippen molar-refractivity contribution in [3.8, 4) is 0 Å². The van der Waals surface area contributed by atoms with E-state index in [4.69, 9.17) is 14.0 Å². The van der Waals surface area contributed by atoms with Gasteiger partial charge in [-0.1, -0.05) is 35.5 Å². The van der Waals surface area contributed by atoms with Gasteiger partial charge >= 0.3 is 0 Å². The Kier molecular flexibility index (Phi) is 5.98. The molecule has 2 heterocycles. The van der Waals surface area contributed by atoms with E-state index in [1.807, 2.05) is 30.3 Å². The number of carbonyl (C=O) groups excluding carboxylic acids is 1. The third-order valence-corrected chi connectivity index (χ3v) is 4.04. The van der Waals surface area contributed by atoms with Crippen LogP contribution in [0.15, 0.2) is 40.9 Å². The molecular weight excluding hydrogens is 308 g/mol. The molecule has 0 saturated carbocycles. The number of ether oxygens (including phenoxy) is 2. The number of nitrogens with zero attached hydrogens (tertiary/aromatic N) is 1. The fraction of sp³-hybridized carbons (Fsp3) is 0.444. The molecule has 1 amide bonds. The molecule has 0 radical (unpaired) electrons. The Morgan fingerprint density at radius 2 is 2.00 bits per heavy atom. The van der Waals surface area contributed by atoms with Gasteiger partial charge in [-0.25, -0.2) is 0 Å². The molecule has 1 aliphatic heterocycles. The molecular formula is C18H22N2O4. The molecule has 3 rings (SSSR count). The largest absolute Gasteiger partial charge is 0.381 e. The zero-order valence-electron chi connectivity index (χ0n) is 13.6. The summed E-state index contributed by atoms with van der Waals surface area (Å²) in [5.74, 6) is 0.810. The van der Waals surface area contributed by atoms with Gasteiger partial charge in [0.1, 0.15) is 6.61 Å². The van der Waals surface area contributed by atoms with Crippen LogP contribution in [0.2, 0.25) is 0 Å². The third kappa shape index (κ3) is 4.91. The lowest BCUT2D eigenvalue weighted by molar-refractivity contribution is 0.0641. The number of amides is 1. The molecule has 0 unspecified atom stereocenters. The molecule has 0 bridgehead atoms. The van der Waals surface area contributed by atoms with Crippen molar-refractivity contribution in [2.24, 2.45) is 5.92 Å². The lowest BCUT2D eigenvalue weighted by Gasteiger charge is -2.21. The van der Waals surface area contributed by atoms with E-state index >= 15 is 0 Å². The number of rotatable bonds is 7. The van der Waals surface area contributed by atoms with Crippen LogP contribution < -0.4 is 5.32 Å². The Balaban J connectivity index is 1.41. The zero-order chi connectivity index (χ0) is 16.6. The van der Waals surface area contributed by atoms with Crippen LogP contribution in [0.5, 0.6) is 0 Å². The standard InChI is InChI=1S/C18H22N2O4/c21-18(19-11-14-6-8-22-9-7-14)17-10-16(24-20-17)13-23-12-15-4-2-1-3-5-15/h1-5,10,14H,6-9,11-13H2,(H,19,21). The summed E-state index contributed by atoms with van der Waals surface area (Å²) in [6.07, 6.45) is 1.97. The highest BCUT2D eigenvalue weighted by atomic mass is 16.5. The average molecular weight is 330 g/mol. The van der Waals surface area contributed by atoms with Gasteiger partial charge in [-0.05, 0) is 24.3 Å². The first kappa shape index (κ1) is 16.7. The molecule has 6 nitrogen and oxygen atoms in total. The lowest BCUT2D eigenvalue weighted by Crippen LogP contribution is -2.32. The van der Waals surface area contributed by atoms with E-state index < -0.39 is 0 Å². The van der Waals surface area contributed by atoms with Crippen LogP contribution in [-0.2, 0) is 22.7 Å². The lowest BCUT2D eigenvalue weighted by atomic mass is 10.0. The summed E-state index contributed by atoms with van der Waals surface area (Å²) < 4.78 is 16.0. The molecule has 0 spiro atoms. The fourth-order valence-electron chi connectivity index (χ4n) is 2.61. The highest BCUT2D eigenvalue weighted by molar-refractivity contribution is 5.92. The van der Waals surface area contributed by atoms with E-state index in [1.54, 1.807) is 6.07 Å². The monoisotopic (exact) mass is 330 g/mol. The molecule has 1 aromatic heterocycles. The number of aromatic nitrogens is 1. The Bertz CT molecular complexity index is 635. The molecule has 2 aromatic rings. The number of hydrogen-bond acceptors (Lipinski definition) is 5. The minimum atomic E-state index is -0.209. The van der Waals surface area contributed by atoms with Gasteiger partial charge in [0.15, 0.2) is 11.5 Å². The molecule has 0 aliphatic carbocycles. The predicted molar refractivity (Wildman–Crippen MR) is 87.3 cm³/mol. The van der Waals surface area contributed by atoms with Crippen molar-refractivity contribution in [2.75, 3.05) is 19.8 Å². The van der Waals surface area contributed by atoms with Gasteiger partial charge in [-0.2, -0.15) is 0 Å². The van der Waals surface area contributed by atoms with Gasteiger partial charge < -0.3 is 19.3 Å². The van der Waals surface area contributed by atoms with Crippen LogP contribution in [0.3, 0.4) is 0 Å². The van der Waals surface area contributed by atoms with Gasteiger partial charge in [0, 0.05) is 25.8 Å². The van der Waals surface area contributed by atoms with Crippen molar-refractivity contribution in [3.63, 3.8) is 0 Å². The number of carbonyl (C=O) groups is 1. The first-order valence-electron chi connectivity index (χ1n) is 8.24. The molecule has 128 valence electrons.